The van der Waals surface area contributed by atoms with Crippen molar-refractivity contribution >= 4 is 11.6 Å². The first kappa shape index (κ1) is 18.6. The monoisotopic (exact) mass is 408 g/mol. The second-order valence-electron chi connectivity index (χ2n) is 8.09. The van der Waals surface area contributed by atoms with Gasteiger partial charge in [0.1, 0.15) is 11.6 Å². The molecule has 0 unspecified atom stereocenters. The van der Waals surface area contributed by atoms with Crippen molar-refractivity contribution in [3.63, 3.8) is 0 Å². The lowest BCUT2D eigenvalue weighted by atomic mass is 9.86. The first-order chi connectivity index (χ1) is 14.2. The van der Waals surface area contributed by atoms with Crippen molar-refractivity contribution in [2.24, 2.45) is 0 Å². The van der Waals surface area contributed by atoms with Crippen LogP contribution in [0.4, 0.5) is 0 Å². The molecule has 1 aliphatic carbocycles. The SMILES string of the molecule is Cc1cccc(O[C@H]2CC[C@H](c3nnc4n3-c3ccc(Cl)cc3CNC4)CC2)c1. The average molecular weight is 409 g/mol. The molecular formula is C23H25ClN4O. The summed E-state index contributed by atoms with van der Waals surface area (Å²) >= 11 is 6.23. The third-order valence-electron chi connectivity index (χ3n) is 5.97. The minimum atomic E-state index is 0.271. The number of ether oxygens (including phenoxy) is 1. The Kier molecular flexibility index (Phi) is 5.02. The van der Waals surface area contributed by atoms with E-state index in [0.717, 1.165) is 60.3 Å². The van der Waals surface area contributed by atoms with Crippen LogP contribution in [0.5, 0.6) is 5.75 Å². The minimum absolute atomic E-state index is 0.271. The van der Waals surface area contributed by atoms with E-state index in [1.54, 1.807) is 0 Å². The van der Waals surface area contributed by atoms with Crippen LogP contribution in [0.3, 0.4) is 0 Å². The molecule has 0 bridgehead atoms. The second kappa shape index (κ2) is 7.81. The fraction of sp³-hybridized carbons (Fsp3) is 0.391. The van der Waals surface area contributed by atoms with Crippen molar-refractivity contribution < 1.29 is 4.74 Å². The number of hydrogen-bond acceptors (Lipinski definition) is 4. The highest BCUT2D eigenvalue weighted by Gasteiger charge is 2.30. The Balaban J connectivity index is 1.35. The summed E-state index contributed by atoms with van der Waals surface area (Å²) in [7, 11) is 0. The van der Waals surface area contributed by atoms with Gasteiger partial charge in [0.2, 0.25) is 0 Å². The van der Waals surface area contributed by atoms with E-state index in [-0.39, 0.29) is 6.10 Å². The van der Waals surface area contributed by atoms with E-state index in [4.69, 9.17) is 16.3 Å². The molecule has 1 N–H and O–H groups in total. The van der Waals surface area contributed by atoms with E-state index in [0.29, 0.717) is 12.5 Å². The van der Waals surface area contributed by atoms with Crippen LogP contribution in [0, 0.1) is 6.92 Å². The lowest BCUT2D eigenvalue weighted by Crippen LogP contribution is -2.25. The van der Waals surface area contributed by atoms with Crippen molar-refractivity contribution in [1.29, 1.82) is 0 Å². The normalized spacial score (nSPS) is 21.2. The van der Waals surface area contributed by atoms with Crippen molar-refractivity contribution in [3.05, 3.63) is 70.3 Å². The third kappa shape index (κ3) is 3.77. The summed E-state index contributed by atoms with van der Waals surface area (Å²) in [6, 6.07) is 14.4. The predicted octanol–water partition coefficient (Wildman–Crippen LogP) is 4.94. The molecule has 150 valence electrons. The van der Waals surface area contributed by atoms with Gasteiger partial charge in [-0.2, -0.15) is 0 Å². The molecule has 5 nitrogen and oxygen atoms in total. The molecule has 2 heterocycles. The Morgan fingerprint density at radius 3 is 2.72 bits per heavy atom. The topological polar surface area (TPSA) is 52.0 Å². The molecule has 0 atom stereocenters. The van der Waals surface area contributed by atoms with Crippen LogP contribution in [0.2, 0.25) is 5.02 Å². The van der Waals surface area contributed by atoms with Crippen LogP contribution in [-0.2, 0) is 13.1 Å². The molecule has 1 saturated carbocycles. The summed E-state index contributed by atoms with van der Waals surface area (Å²) in [5.41, 5.74) is 3.57. The van der Waals surface area contributed by atoms with E-state index < -0.39 is 0 Å². The van der Waals surface area contributed by atoms with Crippen molar-refractivity contribution in [3.8, 4) is 11.4 Å². The molecule has 0 radical (unpaired) electrons. The zero-order valence-corrected chi connectivity index (χ0v) is 17.3. The highest BCUT2D eigenvalue weighted by Crippen LogP contribution is 2.36. The van der Waals surface area contributed by atoms with Gasteiger partial charge in [-0.1, -0.05) is 23.7 Å². The predicted molar refractivity (Wildman–Crippen MR) is 114 cm³/mol. The molecule has 0 saturated heterocycles. The number of nitrogens with one attached hydrogen (secondary N) is 1. The van der Waals surface area contributed by atoms with Crippen LogP contribution < -0.4 is 10.1 Å². The number of hydrogen-bond donors (Lipinski definition) is 1. The van der Waals surface area contributed by atoms with Crippen molar-refractivity contribution in [1.82, 2.24) is 20.1 Å². The first-order valence-corrected chi connectivity index (χ1v) is 10.7. The summed E-state index contributed by atoms with van der Waals surface area (Å²) in [4.78, 5) is 0. The number of fused-ring (bicyclic) bond motifs is 3. The molecule has 2 aromatic carbocycles. The number of benzene rings is 2. The molecule has 29 heavy (non-hydrogen) atoms. The molecule has 6 heteroatoms. The number of rotatable bonds is 3. The molecule has 1 aromatic heterocycles. The molecule has 0 amide bonds. The van der Waals surface area contributed by atoms with Gasteiger partial charge in [-0.05, 0) is 74.1 Å². The lowest BCUT2D eigenvalue weighted by Gasteiger charge is -2.29. The summed E-state index contributed by atoms with van der Waals surface area (Å²) in [5.74, 6) is 3.41. The zero-order valence-electron chi connectivity index (χ0n) is 16.6. The van der Waals surface area contributed by atoms with Gasteiger partial charge in [0.15, 0.2) is 5.82 Å². The smallest absolute Gasteiger partial charge is 0.151 e. The molecule has 2 aliphatic rings. The molecule has 0 spiro atoms. The second-order valence-corrected chi connectivity index (χ2v) is 8.53. The summed E-state index contributed by atoms with van der Waals surface area (Å²) in [5, 5.41) is 13.3. The fourth-order valence-electron chi connectivity index (χ4n) is 4.51. The van der Waals surface area contributed by atoms with Gasteiger partial charge in [-0.3, -0.25) is 4.57 Å². The van der Waals surface area contributed by atoms with Crippen LogP contribution in [0.1, 0.15) is 54.4 Å². The number of aromatic nitrogens is 3. The van der Waals surface area contributed by atoms with Crippen molar-refractivity contribution in [2.45, 2.75) is 57.7 Å². The van der Waals surface area contributed by atoms with Gasteiger partial charge >= 0.3 is 0 Å². The number of halogens is 1. The van der Waals surface area contributed by atoms with Gasteiger partial charge in [0.25, 0.3) is 0 Å². The van der Waals surface area contributed by atoms with Gasteiger partial charge in [-0.25, -0.2) is 0 Å². The quantitative estimate of drug-likeness (QED) is 0.667. The van der Waals surface area contributed by atoms with Crippen molar-refractivity contribution in [2.75, 3.05) is 0 Å². The number of nitrogens with zero attached hydrogens (tertiary/aromatic N) is 3. The molecule has 3 aromatic rings. The Hall–Kier alpha value is -2.37. The summed E-state index contributed by atoms with van der Waals surface area (Å²) in [6.45, 7) is 3.60. The zero-order chi connectivity index (χ0) is 19.8. The van der Waals surface area contributed by atoms with E-state index in [2.05, 4.69) is 51.3 Å². The van der Waals surface area contributed by atoms with Gasteiger partial charge < -0.3 is 10.1 Å². The van der Waals surface area contributed by atoms with Gasteiger partial charge in [0, 0.05) is 17.5 Å². The van der Waals surface area contributed by atoms with E-state index >= 15 is 0 Å². The lowest BCUT2D eigenvalue weighted by molar-refractivity contribution is 0.144. The van der Waals surface area contributed by atoms with Crippen LogP contribution >= 0.6 is 11.6 Å². The van der Waals surface area contributed by atoms with Crippen LogP contribution in [-0.4, -0.2) is 20.9 Å². The fourth-order valence-corrected chi connectivity index (χ4v) is 4.71. The molecule has 1 aliphatic heterocycles. The summed E-state index contributed by atoms with van der Waals surface area (Å²) < 4.78 is 8.48. The molecule has 1 fully saturated rings. The third-order valence-corrected chi connectivity index (χ3v) is 6.20. The molecular weight excluding hydrogens is 384 g/mol. The standard InChI is InChI=1S/C23H25ClN4O/c1-15-3-2-4-20(11-15)29-19-8-5-16(6-9-19)23-27-26-22-14-25-13-17-12-18(24)7-10-21(17)28(22)23/h2-4,7,10-12,16,19,25H,5-6,8-9,13-14H2,1H3/t16-,19-. The highest BCUT2D eigenvalue weighted by molar-refractivity contribution is 6.30. The Morgan fingerprint density at radius 1 is 1.03 bits per heavy atom. The minimum Gasteiger partial charge on any atom is -0.490 e. The average Bonchev–Trinajstić information content (AvgIpc) is 3.04. The Labute approximate surface area is 176 Å². The van der Waals surface area contributed by atoms with Gasteiger partial charge in [-0.15, -0.1) is 10.2 Å². The maximum atomic E-state index is 6.24. The van der Waals surface area contributed by atoms with E-state index in [1.165, 1.54) is 11.1 Å². The maximum Gasteiger partial charge on any atom is 0.151 e. The molecule has 5 rings (SSSR count). The first-order valence-electron chi connectivity index (χ1n) is 10.3. The van der Waals surface area contributed by atoms with Crippen LogP contribution in [0.15, 0.2) is 42.5 Å². The number of aryl methyl sites for hydroxylation is 1. The van der Waals surface area contributed by atoms with E-state index in [9.17, 15) is 0 Å². The van der Waals surface area contributed by atoms with E-state index in [1.807, 2.05) is 18.2 Å². The maximum absolute atomic E-state index is 6.24. The van der Waals surface area contributed by atoms with Gasteiger partial charge in [0.05, 0.1) is 18.3 Å². The Bertz CT molecular complexity index is 1020. The summed E-state index contributed by atoms with van der Waals surface area (Å²) in [6.07, 6.45) is 4.46. The largest absolute Gasteiger partial charge is 0.490 e. The Morgan fingerprint density at radius 2 is 1.90 bits per heavy atom. The van der Waals surface area contributed by atoms with Crippen LogP contribution in [0.25, 0.3) is 5.69 Å². The highest BCUT2D eigenvalue weighted by atomic mass is 35.5.